The number of ether oxygens (including phenoxy) is 4. The van der Waals surface area contributed by atoms with Gasteiger partial charge in [-0.25, -0.2) is 5.43 Å². The fourth-order valence-electron chi connectivity index (χ4n) is 3.31. The fraction of sp³-hybridized carbons (Fsp3) is 0.154. The zero-order chi connectivity index (χ0) is 25.3. The molecular weight excluding hydrogens is 464 g/mol. The van der Waals surface area contributed by atoms with Crippen LogP contribution in [0.2, 0.25) is 0 Å². The van der Waals surface area contributed by atoms with Gasteiger partial charge < -0.3 is 24.3 Å². The van der Waals surface area contributed by atoms with Crippen molar-refractivity contribution in [2.24, 2.45) is 5.10 Å². The molecule has 182 valence electrons. The Labute approximate surface area is 207 Å². The number of carbonyl (C=O) groups excluding carboxylic acids is 2. The molecule has 0 fully saturated rings. The lowest BCUT2D eigenvalue weighted by atomic mass is 10.1. The number of amides is 2. The number of nitriles is 1. The molecule has 4 rings (SSSR count). The number of benzene rings is 3. The van der Waals surface area contributed by atoms with Crippen LogP contribution in [-0.2, 0) is 11.4 Å². The number of rotatable bonds is 9. The van der Waals surface area contributed by atoms with Crippen molar-refractivity contribution >= 4 is 18.0 Å². The molecule has 2 amide bonds. The molecule has 0 aromatic heterocycles. The van der Waals surface area contributed by atoms with E-state index < -0.39 is 11.8 Å². The predicted molar refractivity (Wildman–Crippen MR) is 129 cm³/mol. The molecule has 0 spiro atoms. The van der Waals surface area contributed by atoms with Crippen LogP contribution in [0.15, 0.2) is 65.8 Å². The highest BCUT2D eigenvalue weighted by atomic mass is 16.7. The monoisotopic (exact) mass is 486 g/mol. The van der Waals surface area contributed by atoms with Gasteiger partial charge in [0.25, 0.3) is 11.8 Å². The minimum atomic E-state index is -0.497. The van der Waals surface area contributed by atoms with E-state index in [2.05, 4.69) is 21.9 Å². The third-order valence-electron chi connectivity index (χ3n) is 5.16. The van der Waals surface area contributed by atoms with Gasteiger partial charge in [0.15, 0.2) is 23.0 Å². The summed E-state index contributed by atoms with van der Waals surface area (Å²) in [6.45, 7) is 0.0613. The Balaban J connectivity index is 1.28. The molecule has 1 heterocycles. The number of hydrogen-bond donors (Lipinski definition) is 2. The van der Waals surface area contributed by atoms with Crippen LogP contribution >= 0.6 is 0 Å². The second-order valence-corrected chi connectivity index (χ2v) is 7.51. The number of methoxy groups -OCH3 is 1. The first kappa shape index (κ1) is 24.1. The Kier molecular flexibility index (Phi) is 7.63. The van der Waals surface area contributed by atoms with Crippen molar-refractivity contribution in [2.75, 3.05) is 20.4 Å². The van der Waals surface area contributed by atoms with Gasteiger partial charge in [0.1, 0.15) is 6.61 Å². The summed E-state index contributed by atoms with van der Waals surface area (Å²) in [5, 5.41) is 15.7. The minimum Gasteiger partial charge on any atom is -0.493 e. The van der Waals surface area contributed by atoms with Crippen molar-refractivity contribution in [1.29, 1.82) is 5.26 Å². The normalized spacial score (nSPS) is 11.6. The zero-order valence-electron chi connectivity index (χ0n) is 19.3. The molecular formula is C26H22N4O6. The van der Waals surface area contributed by atoms with Crippen molar-refractivity contribution in [3.63, 3.8) is 0 Å². The maximum Gasteiger partial charge on any atom is 0.259 e. The Bertz CT molecular complexity index is 1350. The van der Waals surface area contributed by atoms with Gasteiger partial charge in [0, 0.05) is 11.1 Å². The van der Waals surface area contributed by atoms with Gasteiger partial charge >= 0.3 is 0 Å². The molecule has 36 heavy (non-hydrogen) atoms. The van der Waals surface area contributed by atoms with Gasteiger partial charge in [-0.15, -0.1) is 0 Å². The summed E-state index contributed by atoms with van der Waals surface area (Å²) < 4.78 is 21.7. The molecule has 0 aliphatic carbocycles. The molecule has 2 N–H and O–H groups in total. The van der Waals surface area contributed by atoms with Gasteiger partial charge in [-0.2, -0.15) is 10.4 Å². The van der Waals surface area contributed by atoms with E-state index in [1.54, 1.807) is 48.5 Å². The predicted octanol–water partition coefficient (Wildman–Crippen LogP) is 2.75. The van der Waals surface area contributed by atoms with Gasteiger partial charge in [-0.05, 0) is 48.0 Å². The molecule has 0 unspecified atom stereocenters. The van der Waals surface area contributed by atoms with Crippen LogP contribution in [0.25, 0.3) is 0 Å². The van der Waals surface area contributed by atoms with E-state index in [4.69, 9.17) is 18.9 Å². The molecule has 10 heteroatoms. The number of hydrazone groups is 1. The topological polar surface area (TPSA) is 131 Å². The Hall–Kier alpha value is -5.04. The van der Waals surface area contributed by atoms with Crippen LogP contribution < -0.4 is 29.7 Å². The summed E-state index contributed by atoms with van der Waals surface area (Å²) in [6.07, 6.45) is 1.44. The van der Waals surface area contributed by atoms with Gasteiger partial charge in [-0.1, -0.05) is 18.2 Å². The van der Waals surface area contributed by atoms with Gasteiger partial charge in [0.2, 0.25) is 6.79 Å². The van der Waals surface area contributed by atoms with E-state index in [0.717, 1.165) is 5.56 Å². The second-order valence-electron chi connectivity index (χ2n) is 7.51. The number of nitrogens with one attached hydrogen (secondary N) is 2. The molecule has 0 saturated heterocycles. The summed E-state index contributed by atoms with van der Waals surface area (Å²) in [6, 6.07) is 19.3. The van der Waals surface area contributed by atoms with Crippen LogP contribution in [0.3, 0.4) is 0 Å². The van der Waals surface area contributed by atoms with E-state index in [1.807, 2.05) is 12.1 Å². The molecule has 0 bridgehead atoms. The van der Waals surface area contributed by atoms with Crippen molar-refractivity contribution < 1.29 is 28.5 Å². The van der Waals surface area contributed by atoms with E-state index in [0.29, 0.717) is 39.7 Å². The van der Waals surface area contributed by atoms with Crippen molar-refractivity contribution in [2.45, 2.75) is 6.61 Å². The van der Waals surface area contributed by atoms with Crippen LogP contribution in [-0.4, -0.2) is 38.5 Å². The van der Waals surface area contributed by atoms with Crippen molar-refractivity contribution in [3.8, 4) is 29.1 Å². The highest BCUT2D eigenvalue weighted by Crippen LogP contribution is 2.32. The highest BCUT2D eigenvalue weighted by Gasteiger charge is 2.16. The van der Waals surface area contributed by atoms with Crippen LogP contribution in [0.5, 0.6) is 23.0 Å². The molecule has 0 atom stereocenters. The summed E-state index contributed by atoms with van der Waals surface area (Å²) >= 11 is 0. The second kappa shape index (κ2) is 11.4. The Morgan fingerprint density at radius 2 is 1.92 bits per heavy atom. The quantitative estimate of drug-likeness (QED) is 0.351. The smallest absolute Gasteiger partial charge is 0.259 e. The van der Waals surface area contributed by atoms with Crippen molar-refractivity contribution in [3.05, 3.63) is 82.9 Å². The first-order chi connectivity index (χ1) is 17.6. The lowest BCUT2D eigenvalue weighted by Gasteiger charge is -2.12. The van der Waals surface area contributed by atoms with E-state index in [9.17, 15) is 14.9 Å². The third-order valence-corrected chi connectivity index (χ3v) is 5.16. The largest absolute Gasteiger partial charge is 0.493 e. The molecule has 0 saturated carbocycles. The van der Waals surface area contributed by atoms with Crippen LogP contribution in [0.1, 0.15) is 27.0 Å². The van der Waals surface area contributed by atoms with E-state index in [-0.39, 0.29) is 19.9 Å². The lowest BCUT2D eigenvalue weighted by molar-refractivity contribution is -0.120. The SMILES string of the molecule is COc1cc(/C=N\NC(=O)CNC(=O)c2ccc3c(c2)OCO3)ccc1OCc1ccccc1C#N. The average molecular weight is 486 g/mol. The number of hydrogen-bond acceptors (Lipinski definition) is 8. The Morgan fingerprint density at radius 1 is 1.08 bits per heavy atom. The standard InChI is InChI=1S/C26H22N4O6/c1-33-23-10-17(6-8-21(23)34-15-20-5-3-2-4-19(20)12-27)13-29-30-25(31)14-28-26(32)18-7-9-22-24(11-18)36-16-35-22/h2-11,13H,14-16H2,1H3,(H,28,32)(H,30,31)/b29-13-. The molecule has 3 aromatic carbocycles. The van der Waals surface area contributed by atoms with Crippen LogP contribution in [0.4, 0.5) is 0 Å². The van der Waals surface area contributed by atoms with Gasteiger partial charge in [0.05, 0.1) is 31.5 Å². The summed E-state index contributed by atoms with van der Waals surface area (Å²) in [4.78, 5) is 24.3. The molecule has 0 radical (unpaired) electrons. The summed E-state index contributed by atoms with van der Waals surface area (Å²) in [5.74, 6) is 1.09. The fourth-order valence-corrected chi connectivity index (χ4v) is 3.31. The zero-order valence-corrected chi connectivity index (χ0v) is 19.3. The average Bonchev–Trinajstić information content (AvgIpc) is 3.39. The van der Waals surface area contributed by atoms with E-state index >= 15 is 0 Å². The molecule has 1 aliphatic heterocycles. The molecule has 1 aliphatic rings. The maximum absolute atomic E-state index is 12.3. The number of carbonyl (C=O) groups is 2. The first-order valence-corrected chi connectivity index (χ1v) is 10.9. The highest BCUT2D eigenvalue weighted by molar-refractivity contribution is 5.97. The number of fused-ring (bicyclic) bond motifs is 1. The summed E-state index contributed by atoms with van der Waals surface area (Å²) in [7, 11) is 1.51. The van der Waals surface area contributed by atoms with E-state index in [1.165, 1.54) is 13.3 Å². The van der Waals surface area contributed by atoms with Gasteiger partial charge in [-0.3, -0.25) is 9.59 Å². The maximum atomic E-state index is 12.3. The minimum absolute atomic E-state index is 0.110. The first-order valence-electron chi connectivity index (χ1n) is 10.9. The third kappa shape index (κ3) is 5.90. The molecule has 3 aromatic rings. The summed E-state index contributed by atoms with van der Waals surface area (Å²) in [5.41, 5.74) is 4.67. The van der Waals surface area contributed by atoms with Crippen molar-refractivity contribution in [1.82, 2.24) is 10.7 Å². The van der Waals surface area contributed by atoms with Crippen LogP contribution in [0, 0.1) is 11.3 Å². The Morgan fingerprint density at radius 3 is 2.75 bits per heavy atom. The number of nitrogens with zero attached hydrogens (tertiary/aromatic N) is 2. The lowest BCUT2D eigenvalue weighted by Crippen LogP contribution is -2.34. The molecule has 10 nitrogen and oxygen atoms in total.